The van der Waals surface area contributed by atoms with E-state index in [1.807, 2.05) is 0 Å². The van der Waals surface area contributed by atoms with Gasteiger partial charge in [-0.1, -0.05) is 0 Å². The number of nitrogens with one attached hydrogen (secondary N) is 10. The minimum Gasteiger partial charge on any atom is -0.480 e. The van der Waals surface area contributed by atoms with Crippen LogP contribution in [0.1, 0.15) is 128 Å². The van der Waals surface area contributed by atoms with Crippen molar-refractivity contribution < 1.29 is 62.6 Å². The predicted octanol–water partition coefficient (Wildman–Crippen LogP) is -12.3. The first-order valence-corrected chi connectivity index (χ1v) is 34.4. The van der Waals surface area contributed by atoms with Crippen molar-refractivity contribution in [1.82, 2.24) is 53.2 Å². The highest BCUT2D eigenvalue weighted by Crippen LogP contribution is 2.13. The van der Waals surface area contributed by atoms with Crippen LogP contribution in [0.4, 0.5) is 0 Å². The summed E-state index contributed by atoms with van der Waals surface area (Å²) in [7, 11) is 0. The quantitative estimate of drug-likeness (QED) is 0.0116. The number of nitrogens with two attached hydrogens (primary N) is 16. The second kappa shape index (κ2) is 54.2. The van der Waals surface area contributed by atoms with E-state index in [0.29, 0.717) is 12.8 Å². The van der Waals surface area contributed by atoms with Crippen LogP contribution >= 0.6 is 12.6 Å². The van der Waals surface area contributed by atoms with Gasteiger partial charge in [0, 0.05) is 51.4 Å². The van der Waals surface area contributed by atoms with Crippen molar-refractivity contribution in [3.05, 3.63) is 0 Å². The third-order valence-electron chi connectivity index (χ3n) is 14.9. The maximum atomic E-state index is 14.8. The number of rotatable bonds is 57. The minimum atomic E-state index is -1.73. The van der Waals surface area contributed by atoms with Crippen molar-refractivity contribution >= 4 is 119 Å². The van der Waals surface area contributed by atoms with Crippen LogP contribution in [0.15, 0.2) is 30.0 Å². The van der Waals surface area contributed by atoms with E-state index in [2.05, 4.69) is 95.8 Å². The summed E-state index contributed by atoms with van der Waals surface area (Å²) in [4.78, 5) is 189. The minimum absolute atomic E-state index is 0.00142. The largest absolute Gasteiger partial charge is 0.480 e. The molecule has 11 amide bonds. The first kappa shape index (κ1) is 93.5. The molecule has 0 saturated heterocycles. The van der Waals surface area contributed by atoms with Crippen LogP contribution < -0.4 is 145 Å². The number of hydrogen-bond acceptors (Lipinski definition) is 22. The monoisotopic (exact) mass is 1500 g/mol. The number of carbonyl (C=O) groups excluding carboxylic acids is 11. The van der Waals surface area contributed by atoms with Gasteiger partial charge in [0.1, 0.15) is 54.4 Å². The van der Waals surface area contributed by atoms with Gasteiger partial charge in [-0.2, -0.15) is 12.6 Å². The van der Waals surface area contributed by atoms with Gasteiger partial charge in [-0.05, 0) is 135 Å². The van der Waals surface area contributed by atoms with Gasteiger partial charge in [0.15, 0.2) is 35.8 Å². The maximum Gasteiger partial charge on any atom is 0.326 e. The van der Waals surface area contributed by atoms with E-state index in [1.165, 1.54) is 0 Å². The number of carbonyl (C=O) groups is 12. The molecule has 0 aromatic carbocycles. The average Bonchev–Trinajstić information content (AvgIpc) is 0.862. The number of amides is 11. The molecule has 43 N–H and O–H groups in total. The molecule has 0 aromatic rings. The van der Waals surface area contributed by atoms with Gasteiger partial charge in [-0.25, -0.2) is 4.79 Å². The Labute approximate surface area is 608 Å². The number of carboxylic acids is 1. The molecular formula is C58H114N32O13S. The fourth-order valence-corrected chi connectivity index (χ4v) is 9.67. The van der Waals surface area contributed by atoms with E-state index in [9.17, 15) is 62.6 Å². The second-order valence-corrected chi connectivity index (χ2v) is 24.1. The lowest BCUT2D eigenvalue weighted by Crippen LogP contribution is -2.60. The smallest absolute Gasteiger partial charge is 0.326 e. The summed E-state index contributed by atoms with van der Waals surface area (Å²) in [5.74, 6) is -13.4. The van der Waals surface area contributed by atoms with Crippen LogP contribution in [0.2, 0.25) is 0 Å². The lowest BCUT2D eigenvalue weighted by atomic mass is 10.0. The van der Waals surface area contributed by atoms with Gasteiger partial charge in [-0.15, -0.1) is 0 Å². The Hall–Kier alpha value is -10.5. The number of thiol groups is 1. The third-order valence-corrected chi connectivity index (χ3v) is 15.3. The van der Waals surface area contributed by atoms with Crippen molar-refractivity contribution in [3.8, 4) is 0 Å². The average molecular weight is 1500 g/mol. The number of hydrogen-bond donors (Lipinski definition) is 28. The lowest BCUT2D eigenvalue weighted by Gasteiger charge is -2.28. The molecule has 0 heterocycles. The Morgan fingerprint density at radius 3 is 0.750 bits per heavy atom. The van der Waals surface area contributed by atoms with E-state index < -0.39 is 151 Å². The zero-order valence-corrected chi connectivity index (χ0v) is 59.6. The van der Waals surface area contributed by atoms with E-state index in [0.717, 1.165) is 0 Å². The third kappa shape index (κ3) is 44.7. The standard InChI is InChI=1S/C58H114N32O13S/c59-21-3-1-11-33(83-44(94)32(13-5-23-75-53(63)64)82-42(92)29-81-43(93)31(61)30-104)45(95)84-34(12-2-4-22-60)46(96)85-35(14-6-24-76-54(65)66)47(97)86-37(16-8-26-78-56(69)70)49(99)89-39(19-20-41(62)91)51(101)88-36(15-7-25-77-55(67)68)48(98)87-38(17-9-27-79-57(71)72)50(100)90-40(52(102)103)18-10-28-80-58(73)74/h31-40,104H,1-30,59-61H2,(H2,62,91)(H,81,93)(H,82,92)(H,83,94)(H,84,95)(H,85,96)(H,86,97)(H,87,98)(H,88,101)(H,89,99)(H,90,100)(H,102,103)(H4,63,64,75)(H4,65,66,76)(H4,67,68,77)(H4,69,70,78)(H4,71,72,79)(H4,73,74,80)/t31-,32-,33-,34-,35-,36-,37-,38-,39-,40-/m0/s1. The molecule has 0 spiro atoms. The van der Waals surface area contributed by atoms with Gasteiger partial charge in [-0.3, -0.25) is 82.7 Å². The van der Waals surface area contributed by atoms with E-state index in [1.54, 1.807) is 0 Å². The van der Waals surface area contributed by atoms with Crippen LogP contribution in [0, 0.1) is 0 Å². The number of carboxylic acid groups (broad SMARTS) is 1. The molecule has 0 aliphatic carbocycles. The second-order valence-electron chi connectivity index (χ2n) is 23.7. The topological polar surface area (TPSA) is 836 Å². The summed E-state index contributed by atoms with van der Waals surface area (Å²) >= 11 is 3.99. The number of aliphatic imine (C=N–C) groups is 6. The normalized spacial score (nSPS) is 13.6. The molecule has 10 atom stereocenters. The summed E-state index contributed by atoms with van der Waals surface area (Å²) in [6.07, 6.45) is -0.717. The molecule has 0 aliphatic rings. The molecule has 0 fully saturated rings. The van der Waals surface area contributed by atoms with Crippen LogP contribution in [0.3, 0.4) is 0 Å². The number of primary amides is 1. The molecule has 0 radical (unpaired) electrons. The van der Waals surface area contributed by atoms with Crippen molar-refractivity contribution in [2.75, 3.05) is 64.7 Å². The first-order valence-electron chi connectivity index (χ1n) is 33.8. The molecule has 0 unspecified atom stereocenters. The van der Waals surface area contributed by atoms with Crippen molar-refractivity contribution in [1.29, 1.82) is 0 Å². The molecular weight excluding hydrogens is 1380 g/mol. The summed E-state index contributed by atoms with van der Waals surface area (Å²) in [6.45, 7) is -0.468. The highest BCUT2D eigenvalue weighted by atomic mass is 32.1. The molecule has 0 rings (SSSR count). The fourth-order valence-electron chi connectivity index (χ4n) is 9.51. The SMILES string of the molecule is NCCCC[C@H](NC(=O)[C@H](CCCN=C(N)N)NC(=O)CNC(=O)[C@@H](N)CS)C(=O)N[C@@H](CCCCN)C(=O)N[C@@H](CCCN=C(N)N)C(=O)N[C@@H](CCCN=C(N)N)C(=O)N[C@@H](CCC(N)=O)C(=O)N[C@@H](CCCN=C(N)N)C(=O)N[C@@H](CCCN=C(N)N)C(=O)N[C@@H](CCCN=C(N)N)C(=O)O. The fraction of sp³-hybridized carbons (Fsp3) is 0.690. The Kier molecular flexibility index (Phi) is 48.7. The molecule has 46 heteroatoms. The van der Waals surface area contributed by atoms with Crippen LogP contribution in [0.25, 0.3) is 0 Å². The Balaban J connectivity index is 7.65. The molecule has 0 bridgehead atoms. The Morgan fingerprint density at radius 2 is 0.529 bits per heavy atom. The summed E-state index contributed by atoms with van der Waals surface area (Å²) in [5, 5.41) is 35.5. The van der Waals surface area contributed by atoms with E-state index in [4.69, 9.17) is 91.7 Å². The molecule has 0 aromatic heterocycles. The van der Waals surface area contributed by atoms with Crippen molar-refractivity contribution in [3.63, 3.8) is 0 Å². The molecule has 104 heavy (non-hydrogen) atoms. The lowest BCUT2D eigenvalue weighted by molar-refractivity contribution is -0.142. The highest BCUT2D eigenvalue weighted by Gasteiger charge is 2.36. The zero-order valence-electron chi connectivity index (χ0n) is 58.7. The van der Waals surface area contributed by atoms with Gasteiger partial charge in [0.05, 0.1) is 12.6 Å². The van der Waals surface area contributed by atoms with Gasteiger partial charge >= 0.3 is 5.97 Å². The highest BCUT2D eigenvalue weighted by molar-refractivity contribution is 7.80. The molecule has 45 nitrogen and oxygen atoms in total. The van der Waals surface area contributed by atoms with Gasteiger partial charge in [0.25, 0.3) is 0 Å². The van der Waals surface area contributed by atoms with E-state index in [-0.39, 0.29) is 197 Å². The summed E-state index contributed by atoms with van der Waals surface area (Å²) in [6, 6.07) is -14.7. The molecule has 0 saturated carbocycles. The number of nitrogens with zero attached hydrogens (tertiary/aromatic N) is 6. The number of guanidine groups is 6. The molecule has 0 aliphatic heterocycles. The zero-order chi connectivity index (χ0) is 78.7. The van der Waals surface area contributed by atoms with Crippen LogP contribution in [0.5, 0.6) is 0 Å². The predicted molar refractivity (Wildman–Crippen MR) is 394 cm³/mol. The Bertz CT molecular complexity index is 2920. The number of aliphatic carboxylic acids is 1. The first-order chi connectivity index (χ1) is 49.1. The maximum absolute atomic E-state index is 14.8. The van der Waals surface area contributed by atoms with Gasteiger partial charge in [0.2, 0.25) is 65.0 Å². The van der Waals surface area contributed by atoms with E-state index >= 15 is 0 Å². The van der Waals surface area contributed by atoms with Gasteiger partial charge < -0.3 is 150 Å². The van der Waals surface area contributed by atoms with Crippen LogP contribution in [-0.4, -0.2) is 237 Å². The van der Waals surface area contributed by atoms with Crippen molar-refractivity contribution in [2.45, 2.75) is 189 Å². The van der Waals surface area contributed by atoms with Crippen LogP contribution in [-0.2, 0) is 57.5 Å². The Morgan fingerprint density at radius 1 is 0.308 bits per heavy atom. The summed E-state index contributed by atoms with van der Waals surface area (Å²) < 4.78 is 0. The number of unbranched alkanes of at least 4 members (excludes halogenated alkanes) is 2. The van der Waals surface area contributed by atoms with Crippen molar-refractivity contribution in [2.24, 2.45) is 122 Å². The molecule has 590 valence electrons. The summed E-state index contributed by atoms with van der Waals surface area (Å²) in [5.41, 5.74) is 89.1.